The molecule has 5 nitrogen and oxygen atoms in total. The highest BCUT2D eigenvalue weighted by molar-refractivity contribution is 5.87. The smallest absolute Gasteiger partial charge is 0.372 e. The Morgan fingerprint density at radius 3 is 2.50 bits per heavy atom. The number of hydrogen-bond acceptors (Lipinski definition) is 4. The van der Waals surface area contributed by atoms with E-state index in [9.17, 15) is 4.79 Å². The van der Waals surface area contributed by atoms with Crippen molar-refractivity contribution in [3.63, 3.8) is 0 Å². The lowest BCUT2D eigenvalue weighted by Crippen LogP contribution is -1.94. The molecule has 2 heterocycles. The Morgan fingerprint density at radius 1 is 1.38 bits per heavy atom. The van der Waals surface area contributed by atoms with Crippen molar-refractivity contribution in [2.75, 3.05) is 0 Å². The quantitative estimate of drug-likeness (QED) is 0.843. The molecule has 0 aromatic carbocycles. The summed E-state index contributed by atoms with van der Waals surface area (Å²) in [5.41, 5.74) is 1.99. The fourth-order valence-corrected chi connectivity index (χ4v) is 1.65. The Labute approximate surface area is 91.7 Å². The first-order chi connectivity index (χ1) is 7.50. The third kappa shape index (κ3) is 1.50. The third-order valence-electron chi connectivity index (χ3n) is 2.39. The van der Waals surface area contributed by atoms with Crippen molar-refractivity contribution in [2.24, 2.45) is 0 Å². The summed E-state index contributed by atoms with van der Waals surface area (Å²) in [5.74, 6) is -0.0279. The molecule has 0 fully saturated rings. The van der Waals surface area contributed by atoms with Crippen LogP contribution >= 0.6 is 0 Å². The topological polar surface area (TPSA) is 76.5 Å². The summed E-state index contributed by atoms with van der Waals surface area (Å²) in [7, 11) is 0. The molecule has 0 aliphatic heterocycles. The lowest BCUT2D eigenvalue weighted by atomic mass is 10.1. The molecular weight excluding hydrogens is 210 g/mol. The monoisotopic (exact) mass is 221 g/mol. The summed E-state index contributed by atoms with van der Waals surface area (Å²) in [5, 5.41) is 12.7. The van der Waals surface area contributed by atoms with Gasteiger partial charge in [-0.25, -0.2) is 4.79 Å². The van der Waals surface area contributed by atoms with E-state index in [2.05, 4.69) is 5.16 Å². The molecule has 0 radical (unpaired) electrons. The van der Waals surface area contributed by atoms with E-state index in [1.807, 2.05) is 0 Å². The van der Waals surface area contributed by atoms with Gasteiger partial charge in [0.05, 0.1) is 11.3 Å². The number of carboxylic acid groups (broad SMARTS) is 1. The highest BCUT2D eigenvalue weighted by Gasteiger charge is 2.20. The van der Waals surface area contributed by atoms with Gasteiger partial charge in [0.25, 0.3) is 0 Å². The lowest BCUT2D eigenvalue weighted by molar-refractivity contribution is 0.0662. The SMILES string of the molecule is Cc1cc(-c2c(C)noc2C)oc1C(=O)O. The molecule has 0 amide bonds. The van der Waals surface area contributed by atoms with Gasteiger partial charge in [-0.05, 0) is 26.8 Å². The normalized spacial score (nSPS) is 10.7. The fourth-order valence-electron chi connectivity index (χ4n) is 1.65. The maximum atomic E-state index is 10.8. The lowest BCUT2D eigenvalue weighted by Gasteiger charge is -1.93. The van der Waals surface area contributed by atoms with Crippen LogP contribution in [0, 0.1) is 20.8 Å². The predicted octanol–water partition coefficient (Wildman–Crippen LogP) is 2.56. The van der Waals surface area contributed by atoms with Crippen molar-refractivity contribution in [2.45, 2.75) is 20.8 Å². The zero-order valence-corrected chi connectivity index (χ0v) is 9.20. The Balaban J connectivity index is 2.58. The summed E-state index contributed by atoms with van der Waals surface area (Å²) in [6, 6.07) is 1.68. The van der Waals surface area contributed by atoms with Gasteiger partial charge in [-0.2, -0.15) is 0 Å². The van der Waals surface area contributed by atoms with Crippen LogP contribution in [0.15, 0.2) is 15.0 Å². The highest BCUT2D eigenvalue weighted by Crippen LogP contribution is 2.30. The molecule has 0 bridgehead atoms. The van der Waals surface area contributed by atoms with E-state index in [1.165, 1.54) is 0 Å². The molecule has 2 aromatic heterocycles. The predicted molar refractivity (Wildman–Crippen MR) is 55.4 cm³/mol. The van der Waals surface area contributed by atoms with Gasteiger partial charge in [-0.3, -0.25) is 0 Å². The van der Waals surface area contributed by atoms with Crippen molar-refractivity contribution >= 4 is 5.97 Å². The van der Waals surface area contributed by atoms with Crippen LogP contribution in [0.2, 0.25) is 0 Å². The summed E-state index contributed by atoms with van der Waals surface area (Å²) in [6.07, 6.45) is 0. The summed E-state index contributed by atoms with van der Waals surface area (Å²) < 4.78 is 10.3. The second-order valence-corrected chi connectivity index (χ2v) is 3.63. The van der Waals surface area contributed by atoms with E-state index in [1.54, 1.807) is 26.8 Å². The van der Waals surface area contributed by atoms with Gasteiger partial charge < -0.3 is 14.0 Å². The zero-order valence-electron chi connectivity index (χ0n) is 9.20. The van der Waals surface area contributed by atoms with E-state index in [-0.39, 0.29) is 5.76 Å². The second-order valence-electron chi connectivity index (χ2n) is 3.63. The highest BCUT2D eigenvalue weighted by atomic mass is 16.5. The largest absolute Gasteiger partial charge is 0.475 e. The molecular formula is C11H11NO4. The molecule has 16 heavy (non-hydrogen) atoms. The number of furan rings is 1. The van der Waals surface area contributed by atoms with Gasteiger partial charge in [0, 0.05) is 5.56 Å². The van der Waals surface area contributed by atoms with E-state index in [4.69, 9.17) is 14.0 Å². The van der Waals surface area contributed by atoms with Crippen LogP contribution in [0.25, 0.3) is 11.3 Å². The van der Waals surface area contributed by atoms with E-state index in [0.717, 1.165) is 5.56 Å². The fraction of sp³-hybridized carbons (Fsp3) is 0.273. The number of rotatable bonds is 2. The average molecular weight is 221 g/mol. The summed E-state index contributed by atoms with van der Waals surface area (Å²) >= 11 is 0. The molecule has 0 unspecified atom stereocenters. The molecule has 2 aromatic rings. The van der Waals surface area contributed by atoms with Crippen LogP contribution in [0.5, 0.6) is 0 Å². The van der Waals surface area contributed by atoms with Crippen LogP contribution in [0.3, 0.4) is 0 Å². The number of carboxylic acids is 1. The van der Waals surface area contributed by atoms with Crippen LogP contribution in [0.4, 0.5) is 0 Å². The van der Waals surface area contributed by atoms with Gasteiger partial charge >= 0.3 is 5.97 Å². The first-order valence-electron chi connectivity index (χ1n) is 4.77. The number of nitrogens with zero attached hydrogens (tertiary/aromatic N) is 1. The van der Waals surface area contributed by atoms with Crippen molar-refractivity contribution in [1.29, 1.82) is 0 Å². The molecule has 0 saturated carbocycles. The minimum atomic E-state index is -1.07. The van der Waals surface area contributed by atoms with E-state index in [0.29, 0.717) is 22.8 Å². The van der Waals surface area contributed by atoms with Crippen LogP contribution in [-0.2, 0) is 0 Å². The molecule has 1 N–H and O–H groups in total. The molecule has 0 atom stereocenters. The maximum Gasteiger partial charge on any atom is 0.372 e. The minimum absolute atomic E-state index is 0.0463. The Morgan fingerprint density at radius 2 is 2.06 bits per heavy atom. The van der Waals surface area contributed by atoms with E-state index < -0.39 is 5.97 Å². The maximum absolute atomic E-state index is 10.8. The number of aromatic carboxylic acids is 1. The average Bonchev–Trinajstić information content (AvgIpc) is 2.70. The number of aryl methyl sites for hydroxylation is 3. The molecule has 0 saturated heterocycles. The van der Waals surface area contributed by atoms with Crippen LogP contribution < -0.4 is 0 Å². The van der Waals surface area contributed by atoms with Crippen LogP contribution in [0.1, 0.15) is 27.6 Å². The van der Waals surface area contributed by atoms with Gasteiger partial charge in [-0.1, -0.05) is 5.16 Å². The van der Waals surface area contributed by atoms with Gasteiger partial charge in [0.1, 0.15) is 11.5 Å². The Bertz CT molecular complexity index is 531. The third-order valence-corrected chi connectivity index (χ3v) is 2.39. The second kappa shape index (κ2) is 3.52. The number of hydrogen-bond donors (Lipinski definition) is 1. The summed E-state index contributed by atoms with van der Waals surface area (Å²) in [6.45, 7) is 5.23. The van der Waals surface area contributed by atoms with Gasteiger partial charge in [0.2, 0.25) is 5.76 Å². The first kappa shape index (κ1) is 10.5. The number of aromatic nitrogens is 1. The van der Waals surface area contributed by atoms with Gasteiger partial charge in [-0.15, -0.1) is 0 Å². The standard InChI is InChI=1S/C11H11NO4/c1-5-4-8(15-10(5)11(13)14)9-6(2)12-16-7(9)3/h4H,1-3H3,(H,13,14). The van der Waals surface area contributed by atoms with Crippen molar-refractivity contribution in [1.82, 2.24) is 5.16 Å². The Kier molecular flexibility index (Phi) is 2.30. The minimum Gasteiger partial charge on any atom is -0.475 e. The number of carbonyl (C=O) groups is 1. The van der Waals surface area contributed by atoms with Crippen molar-refractivity contribution < 1.29 is 18.8 Å². The molecule has 0 spiro atoms. The molecule has 5 heteroatoms. The Hall–Kier alpha value is -2.04. The van der Waals surface area contributed by atoms with Crippen molar-refractivity contribution in [3.05, 3.63) is 28.8 Å². The molecule has 0 aliphatic carbocycles. The van der Waals surface area contributed by atoms with Crippen LogP contribution in [-0.4, -0.2) is 16.2 Å². The van der Waals surface area contributed by atoms with Gasteiger partial charge in [0.15, 0.2) is 0 Å². The molecule has 84 valence electrons. The summed E-state index contributed by atoms with van der Waals surface area (Å²) in [4.78, 5) is 10.8. The zero-order chi connectivity index (χ0) is 11.9. The van der Waals surface area contributed by atoms with E-state index >= 15 is 0 Å². The van der Waals surface area contributed by atoms with Crippen molar-refractivity contribution in [3.8, 4) is 11.3 Å². The molecule has 0 aliphatic rings. The molecule has 2 rings (SSSR count). The first-order valence-corrected chi connectivity index (χ1v) is 4.77.